The van der Waals surface area contributed by atoms with Gasteiger partial charge in [-0.05, 0) is 6.42 Å². The minimum Gasteiger partial charge on any atom is -0.319 e. The van der Waals surface area contributed by atoms with Crippen molar-refractivity contribution in [1.29, 1.82) is 0 Å². The molecule has 0 spiro atoms. The Morgan fingerprint density at radius 2 is 2.17 bits per heavy atom. The Morgan fingerprint density at radius 3 is 2.72 bits per heavy atom. The lowest BCUT2D eigenvalue weighted by molar-refractivity contribution is 0.633. The van der Waals surface area contributed by atoms with Crippen molar-refractivity contribution < 1.29 is 0 Å². The van der Waals surface area contributed by atoms with Crippen molar-refractivity contribution in [3.05, 3.63) is 43.7 Å². The van der Waals surface area contributed by atoms with E-state index in [1.807, 2.05) is 0 Å². The molecule has 2 aromatic rings. The number of hydrogen-bond acceptors (Lipinski definition) is 4. The molecule has 0 unspecified atom stereocenters. The van der Waals surface area contributed by atoms with Crippen molar-refractivity contribution in [2.45, 2.75) is 19.9 Å². The van der Waals surface area contributed by atoms with Gasteiger partial charge in [-0.2, -0.15) is 0 Å². The van der Waals surface area contributed by atoms with E-state index in [2.05, 4.69) is 15.2 Å². The molecule has 2 aromatic heterocycles. The molecule has 8 heteroatoms. The molecule has 0 atom stereocenters. The van der Waals surface area contributed by atoms with E-state index >= 15 is 0 Å². The van der Waals surface area contributed by atoms with Gasteiger partial charge in [0.2, 0.25) is 0 Å². The number of hydrogen-bond donors (Lipinski definition) is 1. The van der Waals surface area contributed by atoms with Crippen LogP contribution in [0.2, 0.25) is 5.15 Å². The highest BCUT2D eigenvalue weighted by Gasteiger charge is 2.13. The number of aryl methyl sites for hydroxylation is 1. The minimum atomic E-state index is -0.551. The molecule has 2 heterocycles. The second-order valence-corrected chi connectivity index (χ2v) is 4.20. The molecule has 0 amide bonds. The molecule has 96 valence electrons. The quantitative estimate of drug-likeness (QED) is 0.791. The number of rotatable bonds is 3. The van der Waals surface area contributed by atoms with Gasteiger partial charge in [-0.15, -0.1) is 10.2 Å². The Labute approximate surface area is 107 Å². The van der Waals surface area contributed by atoms with Crippen LogP contribution in [0.15, 0.2) is 15.9 Å². The maximum Gasteiger partial charge on any atom is 0.329 e. The molecule has 0 saturated carbocycles. The van der Waals surface area contributed by atoms with Crippen LogP contribution in [0, 0.1) is 0 Å². The van der Waals surface area contributed by atoms with Gasteiger partial charge in [0, 0.05) is 7.05 Å². The van der Waals surface area contributed by atoms with Crippen molar-refractivity contribution in [3.8, 4) is 0 Å². The molecule has 0 aliphatic carbocycles. The first-order chi connectivity index (χ1) is 8.54. The SMILES string of the molecule is CCc1c(Cl)[nH]c(=O)n(Cc2nncn2C)c1=O. The molecule has 2 rings (SSSR count). The Kier molecular flexibility index (Phi) is 3.33. The topological polar surface area (TPSA) is 85.6 Å². The van der Waals surface area contributed by atoms with Crippen LogP contribution >= 0.6 is 11.6 Å². The first kappa shape index (κ1) is 12.6. The number of nitrogens with one attached hydrogen (secondary N) is 1. The third-order valence-electron chi connectivity index (χ3n) is 2.69. The second-order valence-electron chi connectivity index (χ2n) is 3.83. The first-order valence-corrected chi connectivity index (χ1v) is 5.76. The van der Waals surface area contributed by atoms with E-state index < -0.39 is 11.2 Å². The lowest BCUT2D eigenvalue weighted by Gasteiger charge is -2.07. The molecule has 0 aromatic carbocycles. The normalized spacial score (nSPS) is 10.8. The predicted molar refractivity (Wildman–Crippen MR) is 65.8 cm³/mol. The van der Waals surface area contributed by atoms with Gasteiger partial charge in [-0.1, -0.05) is 18.5 Å². The number of H-pyrrole nitrogens is 1. The van der Waals surface area contributed by atoms with Gasteiger partial charge >= 0.3 is 5.69 Å². The minimum absolute atomic E-state index is 0.0643. The van der Waals surface area contributed by atoms with Crippen LogP contribution in [-0.2, 0) is 20.0 Å². The van der Waals surface area contributed by atoms with Gasteiger partial charge in [0.25, 0.3) is 5.56 Å². The van der Waals surface area contributed by atoms with Crippen LogP contribution in [0.1, 0.15) is 18.3 Å². The number of aromatic amines is 1. The highest BCUT2D eigenvalue weighted by atomic mass is 35.5. The number of aromatic nitrogens is 5. The van der Waals surface area contributed by atoms with Crippen molar-refractivity contribution in [2.24, 2.45) is 7.05 Å². The highest BCUT2D eigenvalue weighted by molar-refractivity contribution is 6.30. The summed E-state index contributed by atoms with van der Waals surface area (Å²) in [7, 11) is 1.74. The summed E-state index contributed by atoms with van der Waals surface area (Å²) in [6, 6.07) is 0. The van der Waals surface area contributed by atoms with Gasteiger partial charge in [0.15, 0.2) is 5.82 Å². The molecule has 18 heavy (non-hydrogen) atoms. The average molecular weight is 270 g/mol. The van der Waals surface area contributed by atoms with E-state index in [-0.39, 0.29) is 11.7 Å². The molecular weight excluding hydrogens is 258 g/mol. The molecule has 0 aliphatic heterocycles. The second kappa shape index (κ2) is 4.77. The maximum absolute atomic E-state index is 12.1. The fraction of sp³-hybridized carbons (Fsp3) is 0.400. The third-order valence-corrected chi connectivity index (χ3v) is 3.01. The zero-order valence-electron chi connectivity index (χ0n) is 9.97. The van der Waals surface area contributed by atoms with Crippen molar-refractivity contribution >= 4 is 11.6 Å². The van der Waals surface area contributed by atoms with Crippen LogP contribution in [0.3, 0.4) is 0 Å². The van der Waals surface area contributed by atoms with Crippen LogP contribution in [0.25, 0.3) is 0 Å². The lowest BCUT2D eigenvalue weighted by Crippen LogP contribution is -2.38. The Morgan fingerprint density at radius 1 is 1.44 bits per heavy atom. The zero-order valence-corrected chi connectivity index (χ0v) is 10.7. The average Bonchev–Trinajstić information content (AvgIpc) is 2.70. The Hall–Kier alpha value is -1.89. The molecule has 0 aliphatic rings. The summed E-state index contributed by atoms with van der Waals surface area (Å²) in [6.45, 7) is 1.86. The van der Waals surface area contributed by atoms with E-state index in [1.54, 1.807) is 18.5 Å². The molecule has 0 fully saturated rings. The van der Waals surface area contributed by atoms with E-state index in [9.17, 15) is 9.59 Å². The van der Waals surface area contributed by atoms with Crippen LogP contribution in [-0.4, -0.2) is 24.3 Å². The zero-order chi connectivity index (χ0) is 13.3. The molecule has 0 radical (unpaired) electrons. The smallest absolute Gasteiger partial charge is 0.319 e. The summed E-state index contributed by atoms with van der Waals surface area (Å²) in [5.74, 6) is 0.520. The summed E-state index contributed by atoms with van der Waals surface area (Å²) >= 11 is 5.82. The maximum atomic E-state index is 12.1. The molecule has 0 bridgehead atoms. The summed E-state index contributed by atoms with van der Waals surface area (Å²) in [5, 5.41) is 7.63. The van der Waals surface area contributed by atoms with E-state index in [0.717, 1.165) is 4.57 Å². The first-order valence-electron chi connectivity index (χ1n) is 5.39. The summed E-state index contributed by atoms with van der Waals surface area (Å²) in [4.78, 5) is 26.3. The fourth-order valence-electron chi connectivity index (χ4n) is 1.63. The van der Waals surface area contributed by atoms with Crippen LogP contribution in [0.4, 0.5) is 0 Å². The van der Waals surface area contributed by atoms with Gasteiger partial charge < -0.3 is 4.57 Å². The van der Waals surface area contributed by atoms with Crippen LogP contribution < -0.4 is 11.2 Å². The summed E-state index contributed by atoms with van der Waals surface area (Å²) < 4.78 is 2.71. The lowest BCUT2D eigenvalue weighted by atomic mass is 10.2. The largest absolute Gasteiger partial charge is 0.329 e. The van der Waals surface area contributed by atoms with Gasteiger partial charge in [0.1, 0.15) is 11.5 Å². The highest BCUT2D eigenvalue weighted by Crippen LogP contribution is 2.06. The summed E-state index contributed by atoms with van der Waals surface area (Å²) in [6.07, 6.45) is 1.96. The van der Waals surface area contributed by atoms with Gasteiger partial charge in [-0.25, -0.2) is 4.79 Å². The molecule has 7 nitrogen and oxygen atoms in total. The van der Waals surface area contributed by atoms with Gasteiger partial charge in [0.05, 0.1) is 12.1 Å². The third kappa shape index (κ3) is 2.08. The molecule has 1 N–H and O–H groups in total. The number of halogens is 1. The predicted octanol–water partition coefficient (Wildman–Crippen LogP) is -0.0708. The van der Waals surface area contributed by atoms with Crippen molar-refractivity contribution in [2.75, 3.05) is 0 Å². The van der Waals surface area contributed by atoms with E-state index in [1.165, 1.54) is 6.33 Å². The van der Waals surface area contributed by atoms with Crippen molar-refractivity contribution in [3.63, 3.8) is 0 Å². The molecular formula is C10H12ClN5O2. The molecule has 0 saturated heterocycles. The van der Waals surface area contributed by atoms with E-state index in [0.29, 0.717) is 17.8 Å². The Balaban J connectivity index is 2.55. The monoisotopic (exact) mass is 269 g/mol. The van der Waals surface area contributed by atoms with Gasteiger partial charge in [-0.3, -0.25) is 14.3 Å². The Bertz CT molecular complexity index is 684. The van der Waals surface area contributed by atoms with Crippen molar-refractivity contribution in [1.82, 2.24) is 24.3 Å². The van der Waals surface area contributed by atoms with E-state index in [4.69, 9.17) is 11.6 Å². The summed E-state index contributed by atoms with van der Waals surface area (Å²) in [5.41, 5.74) is -0.558. The van der Waals surface area contributed by atoms with Crippen LogP contribution in [0.5, 0.6) is 0 Å². The number of nitrogens with zero attached hydrogens (tertiary/aromatic N) is 4. The standard InChI is InChI=1S/C10H12ClN5O2/c1-3-6-8(11)13-10(18)16(9(6)17)4-7-14-12-5-15(7)2/h5H,3-4H2,1-2H3,(H,13,18). The fourth-order valence-corrected chi connectivity index (χ4v) is 1.92.